The first kappa shape index (κ1) is 19.8. The lowest BCUT2D eigenvalue weighted by atomic mass is 10.1. The van der Waals surface area contributed by atoms with E-state index in [0.717, 1.165) is 35.6 Å². The summed E-state index contributed by atoms with van der Waals surface area (Å²) in [6.07, 6.45) is -4.59. The number of anilines is 1. The fourth-order valence-corrected chi connectivity index (χ4v) is 2.62. The van der Waals surface area contributed by atoms with Crippen molar-refractivity contribution in [1.29, 1.82) is 0 Å². The zero-order chi connectivity index (χ0) is 19.5. The minimum absolute atomic E-state index is 0.149. The van der Waals surface area contributed by atoms with Crippen LogP contribution in [0.15, 0.2) is 24.3 Å². The topological polar surface area (TPSA) is 56.2 Å². The van der Waals surface area contributed by atoms with E-state index in [1.165, 1.54) is 12.1 Å². The van der Waals surface area contributed by atoms with Crippen molar-refractivity contribution < 1.29 is 22.7 Å². The normalized spacial score (nSPS) is 11.7. The molecule has 1 heterocycles. The fourth-order valence-electron chi connectivity index (χ4n) is 2.62. The number of ether oxygens (including phenoxy) is 1. The van der Waals surface area contributed by atoms with E-state index < -0.39 is 6.36 Å². The van der Waals surface area contributed by atoms with Gasteiger partial charge in [0.25, 0.3) is 0 Å². The standard InChI is InChI=1S/C18H22F3N3O2/c1-11(2)10-24-13(4)16(12(3)23-24)9-17(25)22-14-5-7-15(8-6-14)26-18(19,20)21/h5-8,11H,9-10H2,1-4H3,(H,22,25). The van der Waals surface area contributed by atoms with Gasteiger partial charge in [-0.1, -0.05) is 13.8 Å². The van der Waals surface area contributed by atoms with Crippen LogP contribution in [0, 0.1) is 19.8 Å². The van der Waals surface area contributed by atoms with E-state index >= 15 is 0 Å². The van der Waals surface area contributed by atoms with Gasteiger partial charge < -0.3 is 10.1 Å². The summed E-state index contributed by atoms with van der Waals surface area (Å²) in [6, 6.07) is 5.03. The molecule has 0 aliphatic heterocycles. The van der Waals surface area contributed by atoms with E-state index in [0.29, 0.717) is 11.6 Å². The average molecular weight is 369 g/mol. The van der Waals surface area contributed by atoms with Gasteiger partial charge in [-0.3, -0.25) is 9.48 Å². The molecule has 0 aliphatic carbocycles. The molecule has 0 radical (unpaired) electrons. The Morgan fingerprint density at radius 3 is 2.38 bits per heavy atom. The van der Waals surface area contributed by atoms with Gasteiger partial charge in [-0.25, -0.2) is 0 Å². The van der Waals surface area contributed by atoms with Crippen LogP contribution in [0.25, 0.3) is 0 Å². The van der Waals surface area contributed by atoms with E-state index in [-0.39, 0.29) is 18.1 Å². The third-order valence-electron chi connectivity index (χ3n) is 3.78. The first-order valence-corrected chi connectivity index (χ1v) is 8.23. The molecule has 142 valence electrons. The van der Waals surface area contributed by atoms with E-state index in [1.807, 2.05) is 18.5 Å². The molecule has 5 nitrogen and oxygen atoms in total. The zero-order valence-electron chi connectivity index (χ0n) is 15.1. The molecule has 1 aromatic heterocycles. The summed E-state index contributed by atoms with van der Waals surface area (Å²) in [5.41, 5.74) is 3.00. The maximum atomic E-state index is 12.3. The molecule has 26 heavy (non-hydrogen) atoms. The van der Waals surface area contributed by atoms with Gasteiger partial charge in [0, 0.05) is 23.5 Å². The molecule has 0 saturated carbocycles. The Morgan fingerprint density at radius 2 is 1.85 bits per heavy atom. The zero-order valence-corrected chi connectivity index (χ0v) is 15.1. The van der Waals surface area contributed by atoms with Crippen molar-refractivity contribution in [3.05, 3.63) is 41.2 Å². The number of hydrogen-bond donors (Lipinski definition) is 1. The van der Waals surface area contributed by atoms with E-state index in [4.69, 9.17) is 0 Å². The molecular weight excluding hydrogens is 347 g/mol. The third-order valence-corrected chi connectivity index (χ3v) is 3.78. The molecule has 8 heteroatoms. The monoisotopic (exact) mass is 369 g/mol. The largest absolute Gasteiger partial charge is 0.573 e. The molecule has 0 aliphatic rings. The Kier molecular flexibility index (Phi) is 5.94. The van der Waals surface area contributed by atoms with E-state index in [2.05, 4.69) is 29.0 Å². The van der Waals surface area contributed by atoms with Gasteiger partial charge in [0.1, 0.15) is 5.75 Å². The summed E-state index contributed by atoms with van der Waals surface area (Å²) in [6.45, 7) is 8.74. The van der Waals surface area contributed by atoms with Gasteiger partial charge in [0.2, 0.25) is 5.91 Å². The van der Waals surface area contributed by atoms with Gasteiger partial charge in [-0.05, 0) is 44.0 Å². The van der Waals surface area contributed by atoms with E-state index in [1.54, 1.807) is 0 Å². The molecule has 2 aromatic rings. The van der Waals surface area contributed by atoms with Crippen LogP contribution < -0.4 is 10.1 Å². The van der Waals surface area contributed by atoms with Crippen LogP contribution in [0.4, 0.5) is 18.9 Å². The third kappa shape index (κ3) is 5.50. The predicted octanol–water partition coefficient (Wildman–Crippen LogP) is 4.24. The van der Waals surface area contributed by atoms with Crippen molar-refractivity contribution in [2.24, 2.45) is 5.92 Å². The van der Waals surface area contributed by atoms with Crippen molar-refractivity contribution in [2.75, 3.05) is 5.32 Å². The smallest absolute Gasteiger partial charge is 0.406 e. The summed E-state index contributed by atoms with van der Waals surface area (Å²) in [5, 5.41) is 7.14. The lowest BCUT2D eigenvalue weighted by Gasteiger charge is -2.10. The average Bonchev–Trinajstić information content (AvgIpc) is 2.75. The lowest BCUT2D eigenvalue weighted by Crippen LogP contribution is -2.17. The van der Waals surface area contributed by atoms with Crippen LogP contribution in [0.3, 0.4) is 0 Å². The minimum Gasteiger partial charge on any atom is -0.406 e. The van der Waals surface area contributed by atoms with Crippen LogP contribution in [0.1, 0.15) is 30.8 Å². The Hall–Kier alpha value is -2.51. The Labute approximate surface area is 150 Å². The number of nitrogens with zero attached hydrogens (tertiary/aromatic N) is 2. The highest BCUT2D eigenvalue weighted by Gasteiger charge is 2.31. The number of aromatic nitrogens is 2. The highest BCUT2D eigenvalue weighted by Crippen LogP contribution is 2.24. The summed E-state index contributed by atoms with van der Waals surface area (Å²) < 4.78 is 42.1. The summed E-state index contributed by atoms with van der Waals surface area (Å²) in [7, 11) is 0. The molecule has 2 rings (SSSR count). The minimum atomic E-state index is -4.74. The molecule has 1 aromatic carbocycles. The number of benzene rings is 1. The number of alkyl halides is 3. The Balaban J connectivity index is 2.02. The van der Waals surface area contributed by atoms with Crippen LogP contribution in [0.2, 0.25) is 0 Å². The van der Waals surface area contributed by atoms with Crippen molar-refractivity contribution >= 4 is 11.6 Å². The van der Waals surface area contributed by atoms with Crippen molar-refractivity contribution in [3.8, 4) is 5.75 Å². The highest BCUT2D eigenvalue weighted by atomic mass is 19.4. The molecule has 0 spiro atoms. The molecule has 0 saturated heterocycles. The summed E-state index contributed by atoms with van der Waals surface area (Å²) >= 11 is 0. The summed E-state index contributed by atoms with van der Waals surface area (Å²) in [5.74, 6) is -0.158. The molecule has 0 fully saturated rings. The van der Waals surface area contributed by atoms with Crippen LogP contribution in [-0.2, 0) is 17.8 Å². The lowest BCUT2D eigenvalue weighted by molar-refractivity contribution is -0.274. The number of nitrogens with one attached hydrogen (secondary N) is 1. The molecule has 0 atom stereocenters. The van der Waals surface area contributed by atoms with Gasteiger partial charge >= 0.3 is 6.36 Å². The second-order valence-corrected chi connectivity index (χ2v) is 6.52. The van der Waals surface area contributed by atoms with Crippen molar-refractivity contribution in [1.82, 2.24) is 9.78 Å². The summed E-state index contributed by atoms with van der Waals surface area (Å²) in [4.78, 5) is 12.3. The number of carbonyl (C=O) groups excluding carboxylic acids is 1. The first-order chi connectivity index (χ1) is 12.0. The quantitative estimate of drug-likeness (QED) is 0.829. The fraction of sp³-hybridized carbons (Fsp3) is 0.444. The van der Waals surface area contributed by atoms with Gasteiger partial charge in [-0.15, -0.1) is 13.2 Å². The number of aryl methyl sites for hydroxylation is 1. The maximum Gasteiger partial charge on any atom is 0.573 e. The van der Waals surface area contributed by atoms with Gasteiger partial charge in [0.05, 0.1) is 12.1 Å². The maximum absolute atomic E-state index is 12.3. The first-order valence-electron chi connectivity index (χ1n) is 8.23. The predicted molar refractivity (Wildman–Crippen MR) is 92.0 cm³/mol. The number of carbonyl (C=O) groups is 1. The number of amides is 1. The molecule has 1 N–H and O–H groups in total. The van der Waals surface area contributed by atoms with Crippen molar-refractivity contribution in [3.63, 3.8) is 0 Å². The van der Waals surface area contributed by atoms with E-state index in [9.17, 15) is 18.0 Å². The van der Waals surface area contributed by atoms with Crippen molar-refractivity contribution in [2.45, 2.75) is 47.0 Å². The molecular formula is C18H22F3N3O2. The molecule has 0 bridgehead atoms. The van der Waals surface area contributed by atoms with Gasteiger partial charge in [0.15, 0.2) is 0 Å². The Morgan fingerprint density at radius 1 is 1.23 bits per heavy atom. The van der Waals surface area contributed by atoms with Crippen LogP contribution in [-0.4, -0.2) is 22.1 Å². The van der Waals surface area contributed by atoms with Crippen LogP contribution >= 0.6 is 0 Å². The van der Waals surface area contributed by atoms with Crippen LogP contribution in [0.5, 0.6) is 5.75 Å². The van der Waals surface area contributed by atoms with Gasteiger partial charge in [-0.2, -0.15) is 5.10 Å². The highest BCUT2D eigenvalue weighted by molar-refractivity contribution is 5.92. The second-order valence-electron chi connectivity index (χ2n) is 6.52. The second kappa shape index (κ2) is 7.80. The SMILES string of the molecule is Cc1nn(CC(C)C)c(C)c1CC(=O)Nc1ccc(OC(F)(F)F)cc1. The number of halogens is 3. The number of hydrogen-bond acceptors (Lipinski definition) is 3. The number of rotatable bonds is 6. The Bertz CT molecular complexity index is 765. The molecule has 1 amide bonds. The molecule has 0 unspecified atom stereocenters.